The Morgan fingerprint density at radius 2 is 1.46 bits per heavy atom. The second kappa shape index (κ2) is 5.22. The SMILES string of the molecule is CN1C2=CC3=C(C(=O)N(c4ccccc4)C3=O)C(C)(C)[C@]2(C)c2ccccc21. The highest BCUT2D eigenvalue weighted by molar-refractivity contribution is 6.34. The quantitative estimate of drug-likeness (QED) is 0.707. The van der Waals surface area contributed by atoms with Crippen LogP contribution in [0.15, 0.2) is 77.5 Å². The summed E-state index contributed by atoms with van der Waals surface area (Å²) >= 11 is 0. The van der Waals surface area contributed by atoms with Gasteiger partial charge in [-0.3, -0.25) is 9.59 Å². The van der Waals surface area contributed by atoms with E-state index in [1.807, 2.05) is 43.5 Å². The second-order valence-corrected chi connectivity index (χ2v) is 8.43. The molecule has 2 aromatic rings. The molecule has 2 aliphatic heterocycles. The van der Waals surface area contributed by atoms with Gasteiger partial charge in [-0.1, -0.05) is 50.2 Å². The normalized spacial score (nSPS) is 24.9. The molecule has 0 bridgehead atoms. The minimum absolute atomic E-state index is 0.209. The number of carbonyl (C=O) groups is 2. The predicted octanol–water partition coefficient (Wildman–Crippen LogP) is 4.19. The van der Waals surface area contributed by atoms with Crippen LogP contribution < -0.4 is 9.80 Å². The first kappa shape index (κ1) is 17.0. The van der Waals surface area contributed by atoms with E-state index in [-0.39, 0.29) is 17.2 Å². The molecule has 2 aromatic carbocycles. The van der Waals surface area contributed by atoms with E-state index >= 15 is 0 Å². The Morgan fingerprint density at radius 3 is 2.18 bits per heavy atom. The first-order chi connectivity index (χ1) is 13.3. The third kappa shape index (κ3) is 1.76. The van der Waals surface area contributed by atoms with Gasteiger partial charge < -0.3 is 4.90 Å². The Bertz CT molecular complexity index is 1110. The summed E-state index contributed by atoms with van der Waals surface area (Å²) in [4.78, 5) is 30.3. The molecule has 0 unspecified atom stereocenters. The summed E-state index contributed by atoms with van der Waals surface area (Å²) in [6, 6.07) is 17.5. The monoisotopic (exact) mass is 370 g/mol. The summed E-state index contributed by atoms with van der Waals surface area (Å²) in [6.07, 6.45) is 1.93. The average Bonchev–Trinajstić information content (AvgIpc) is 3.07. The number of amides is 2. The Hall–Kier alpha value is -3.14. The summed E-state index contributed by atoms with van der Waals surface area (Å²) in [5.41, 5.74) is 4.20. The Kier molecular flexibility index (Phi) is 3.17. The van der Waals surface area contributed by atoms with Gasteiger partial charge in [-0.25, -0.2) is 4.90 Å². The van der Waals surface area contributed by atoms with Crippen LogP contribution >= 0.6 is 0 Å². The fraction of sp³-hybridized carbons (Fsp3) is 0.250. The molecular formula is C24H22N2O2. The van der Waals surface area contributed by atoms with Gasteiger partial charge in [-0.05, 0) is 36.8 Å². The number of benzene rings is 2. The Labute approximate surface area is 164 Å². The van der Waals surface area contributed by atoms with E-state index in [0.717, 1.165) is 11.4 Å². The number of allylic oxidation sites excluding steroid dienone is 1. The molecule has 0 fully saturated rings. The van der Waals surface area contributed by atoms with Crippen molar-refractivity contribution < 1.29 is 9.59 Å². The lowest BCUT2D eigenvalue weighted by molar-refractivity contribution is -0.120. The van der Waals surface area contributed by atoms with Crippen molar-refractivity contribution in [2.75, 3.05) is 16.8 Å². The number of carbonyl (C=O) groups excluding carboxylic acids is 2. The van der Waals surface area contributed by atoms with Crippen molar-refractivity contribution in [1.29, 1.82) is 0 Å². The first-order valence-corrected chi connectivity index (χ1v) is 9.54. The van der Waals surface area contributed by atoms with Crippen LogP contribution in [-0.2, 0) is 15.0 Å². The molecule has 0 saturated heterocycles. The van der Waals surface area contributed by atoms with E-state index in [1.165, 1.54) is 10.5 Å². The van der Waals surface area contributed by atoms with Crippen LogP contribution in [0.3, 0.4) is 0 Å². The third-order valence-corrected chi connectivity index (χ3v) is 6.97. The highest BCUT2D eigenvalue weighted by Gasteiger charge is 2.60. The number of rotatable bonds is 1. The standard InChI is InChI=1S/C24H22N2O2/c1-23(2)20-16(21(27)26(22(20)28)15-10-6-5-7-11-15)14-19-24(23,3)17-12-8-9-13-18(17)25(19)4/h5-14H,1-4H3/t24-/m1/s1. The van der Waals surface area contributed by atoms with Gasteiger partial charge in [0.25, 0.3) is 11.8 Å². The van der Waals surface area contributed by atoms with E-state index in [9.17, 15) is 9.59 Å². The van der Waals surface area contributed by atoms with Gasteiger partial charge >= 0.3 is 0 Å². The smallest absolute Gasteiger partial charge is 0.265 e. The van der Waals surface area contributed by atoms with Crippen molar-refractivity contribution in [3.05, 3.63) is 83.1 Å². The van der Waals surface area contributed by atoms with Crippen LogP contribution in [0.2, 0.25) is 0 Å². The lowest BCUT2D eigenvalue weighted by Gasteiger charge is -2.46. The maximum absolute atomic E-state index is 13.5. The molecule has 2 amide bonds. The van der Waals surface area contributed by atoms with Gasteiger partial charge in [-0.2, -0.15) is 0 Å². The van der Waals surface area contributed by atoms with E-state index in [0.29, 0.717) is 16.8 Å². The molecule has 0 saturated carbocycles. The van der Waals surface area contributed by atoms with Crippen molar-refractivity contribution in [1.82, 2.24) is 0 Å². The highest BCUT2D eigenvalue weighted by Crippen LogP contribution is 2.62. The second-order valence-electron chi connectivity index (χ2n) is 8.43. The lowest BCUT2D eigenvalue weighted by Crippen LogP contribution is -2.46. The lowest BCUT2D eigenvalue weighted by atomic mass is 9.56. The number of nitrogens with zero attached hydrogens (tertiary/aromatic N) is 2. The van der Waals surface area contributed by atoms with Gasteiger partial charge in [0.1, 0.15) is 0 Å². The van der Waals surface area contributed by atoms with Gasteiger partial charge in [0.15, 0.2) is 0 Å². The molecule has 4 nitrogen and oxygen atoms in total. The van der Waals surface area contributed by atoms with Crippen LogP contribution in [0.5, 0.6) is 0 Å². The van der Waals surface area contributed by atoms with Crippen molar-refractivity contribution in [2.45, 2.75) is 26.2 Å². The molecule has 28 heavy (non-hydrogen) atoms. The van der Waals surface area contributed by atoms with Crippen molar-refractivity contribution >= 4 is 23.2 Å². The Balaban J connectivity index is 1.73. The molecule has 0 N–H and O–H groups in total. The zero-order valence-corrected chi connectivity index (χ0v) is 16.5. The maximum atomic E-state index is 13.5. The zero-order chi connectivity index (χ0) is 19.8. The Morgan fingerprint density at radius 1 is 0.821 bits per heavy atom. The minimum atomic E-state index is -0.538. The zero-order valence-electron chi connectivity index (χ0n) is 16.5. The predicted molar refractivity (Wildman–Crippen MR) is 110 cm³/mol. The summed E-state index contributed by atoms with van der Waals surface area (Å²) in [7, 11) is 2.04. The first-order valence-electron chi connectivity index (χ1n) is 9.54. The van der Waals surface area contributed by atoms with Gasteiger partial charge in [0, 0.05) is 34.8 Å². The average molecular weight is 370 g/mol. The van der Waals surface area contributed by atoms with E-state index in [2.05, 4.69) is 37.8 Å². The van der Waals surface area contributed by atoms with Crippen LogP contribution in [0.1, 0.15) is 26.3 Å². The molecule has 5 rings (SSSR count). The minimum Gasteiger partial charge on any atom is -0.347 e. The van der Waals surface area contributed by atoms with Gasteiger partial charge in [0.2, 0.25) is 0 Å². The number of anilines is 2. The number of likely N-dealkylation sites (N-methyl/N-ethyl adjacent to an activating group) is 1. The largest absolute Gasteiger partial charge is 0.347 e. The van der Waals surface area contributed by atoms with Crippen LogP contribution in [0.4, 0.5) is 11.4 Å². The molecule has 1 atom stereocenters. The molecule has 0 spiro atoms. The van der Waals surface area contributed by atoms with Crippen LogP contribution in [0.25, 0.3) is 0 Å². The third-order valence-electron chi connectivity index (χ3n) is 6.97. The van der Waals surface area contributed by atoms with E-state index in [4.69, 9.17) is 0 Å². The van der Waals surface area contributed by atoms with Crippen molar-refractivity contribution in [2.24, 2.45) is 5.41 Å². The fourth-order valence-electron chi connectivity index (χ4n) is 5.17. The summed E-state index contributed by atoms with van der Waals surface area (Å²) < 4.78 is 0. The topological polar surface area (TPSA) is 40.6 Å². The summed E-state index contributed by atoms with van der Waals surface area (Å²) in [5.74, 6) is -0.446. The van der Waals surface area contributed by atoms with Crippen LogP contribution in [0, 0.1) is 5.41 Å². The van der Waals surface area contributed by atoms with E-state index in [1.54, 1.807) is 12.1 Å². The van der Waals surface area contributed by atoms with Gasteiger partial charge in [-0.15, -0.1) is 0 Å². The van der Waals surface area contributed by atoms with E-state index < -0.39 is 5.41 Å². The molecular weight excluding hydrogens is 348 g/mol. The van der Waals surface area contributed by atoms with Crippen LogP contribution in [-0.4, -0.2) is 18.9 Å². The summed E-state index contributed by atoms with van der Waals surface area (Å²) in [5, 5.41) is 0. The number of imide groups is 1. The number of para-hydroxylation sites is 2. The molecule has 140 valence electrons. The number of fused-ring (bicyclic) bond motifs is 3. The molecule has 2 heterocycles. The molecule has 3 aliphatic rings. The molecule has 0 radical (unpaired) electrons. The molecule has 0 aromatic heterocycles. The fourth-order valence-corrected chi connectivity index (χ4v) is 5.17. The summed E-state index contributed by atoms with van der Waals surface area (Å²) in [6.45, 7) is 6.36. The maximum Gasteiger partial charge on any atom is 0.265 e. The van der Waals surface area contributed by atoms with Gasteiger partial charge in [0.05, 0.1) is 11.3 Å². The van der Waals surface area contributed by atoms with Crippen molar-refractivity contribution in [3.63, 3.8) is 0 Å². The van der Waals surface area contributed by atoms with Crippen molar-refractivity contribution in [3.8, 4) is 0 Å². The molecule has 4 heteroatoms. The highest BCUT2D eigenvalue weighted by atomic mass is 16.2. The number of hydrogen-bond donors (Lipinski definition) is 0. The number of hydrogen-bond acceptors (Lipinski definition) is 3. The molecule has 1 aliphatic carbocycles.